The molecule has 0 saturated heterocycles. The molecule has 5 heteroatoms. The van der Waals surface area contributed by atoms with Crippen molar-refractivity contribution in [1.29, 1.82) is 0 Å². The Morgan fingerprint density at radius 2 is 2.35 bits per heavy atom. The Hall–Kier alpha value is -1.62. The number of hydrogen-bond donors (Lipinski definition) is 1. The molecule has 0 bridgehead atoms. The zero-order valence-corrected chi connectivity index (χ0v) is 10.6. The second kappa shape index (κ2) is 5.14. The molecule has 2 aromatic heterocycles. The summed E-state index contributed by atoms with van der Waals surface area (Å²) in [5, 5.41) is 5.78. The minimum absolute atomic E-state index is 0.0649. The van der Waals surface area contributed by atoms with Gasteiger partial charge >= 0.3 is 0 Å². The van der Waals surface area contributed by atoms with Crippen LogP contribution in [0.1, 0.15) is 24.6 Å². The van der Waals surface area contributed by atoms with E-state index in [1.165, 1.54) is 6.92 Å². The predicted octanol–water partition coefficient (Wildman–Crippen LogP) is 2.60. The highest BCUT2D eigenvalue weighted by molar-refractivity contribution is 7.09. The largest absolute Gasteiger partial charge is 0.458 e. The molecule has 0 atom stereocenters. The molecule has 1 N–H and O–H groups in total. The number of aryl methyl sites for hydroxylation is 1. The number of nitrogens with one attached hydrogen (secondary N) is 1. The summed E-state index contributed by atoms with van der Waals surface area (Å²) in [4.78, 5) is 15.2. The number of carbonyl (C=O) groups is 1. The summed E-state index contributed by atoms with van der Waals surface area (Å²) >= 11 is 1.63. The average Bonchev–Trinajstić information content (AvgIpc) is 2.94. The number of furan rings is 1. The number of thiazole rings is 1. The van der Waals surface area contributed by atoms with Gasteiger partial charge in [-0.25, -0.2) is 4.98 Å². The third kappa shape index (κ3) is 2.94. The first kappa shape index (κ1) is 11.9. The molecule has 2 aromatic rings. The van der Waals surface area contributed by atoms with Crippen molar-refractivity contribution in [1.82, 2.24) is 10.3 Å². The predicted molar refractivity (Wildman–Crippen MR) is 66.7 cm³/mol. The first-order valence-electron chi connectivity index (χ1n) is 5.47. The Labute approximate surface area is 104 Å². The van der Waals surface area contributed by atoms with Crippen molar-refractivity contribution < 1.29 is 9.21 Å². The molecule has 0 saturated carbocycles. The maximum absolute atomic E-state index is 10.8. The molecule has 90 valence electrons. The van der Waals surface area contributed by atoms with Crippen molar-refractivity contribution in [2.45, 2.75) is 26.8 Å². The van der Waals surface area contributed by atoms with Gasteiger partial charge in [0.05, 0.1) is 11.6 Å². The van der Waals surface area contributed by atoms with Gasteiger partial charge in [0.15, 0.2) is 5.76 Å². The van der Waals surface area contributed by atoms with E-state index >= 15 is 0 Å². The van der Waals surface area contributed by atoms with Gasteiger partial charge in [0, 0.05) is 12.3 Å². The van der Waals surface area contributed by atoms with Crippen molar-refractivity contribution in [2.24, 2.45) is 0 Å². The van der Waals surface area contributed by atoms with Crippen LogP contribution in [0.25, 0.3) is 11.5 Å². The molecule has 0 fully saturated rings. The summed E-state index contributed by atoms with van der Waals surface area (Å²) in [6.07, 6.45) is 0.935. The van der Waals surface area contributed by atoms with Crippen molar-refractivity contribution in [3.05, 3.63) is 28.3 Å². The van der Waals surface area contributed by atoms with Crippen molar-refractivity contribution in [3.63, 3.8) is 0 Å². The number of carbonyl (C=O) groups excluding carboxylic acids is 1. The molecule has 4 nitrogen and oxygen atoms in total. The standard InChI is InChI=1S/C12H14N2O2S/c1-3-12-14-10(7-17-12)11-5-4-9(16-11)6-13-8(2)15/h4-5,7H,3,6H2,1-2H3,(H,13,15). The van der Waals surface area contributed by atoms with E-state index in [0.717, 1.165) is 28.6 Å². The van der Waals surface area contributed by atoms with Gasteiger partial charge in [0.2, 0.25) is 5.91 Å². The molecule has 0 unspecified atom stereocenters. The second-order valence-electron chi connectivity index (χ2n) is 3.66. The van der Waals surface area contributed by atoms with E-state index in [1.807, 2.05) is 17.5 Å². The Balaban J connectivity index is 2.09. The summed E-state index contributed by atoms with van der Waals surface area (Å²) in [5.74, 6) is 1.42. The SMILES string of the molecule is CCc1nc(-c2ccc(CNC(C)=O)o2)cs1. The monoisotopic (exact) mass is 250 g/mol. The van der Waals surface area contributed by atoms with Crippen LogP contribution < -0.4 is 5.32 Å². The lowest BCUT2D eigenvalue weighted by molar-refractivity contribution is -0.119. The van der Waals surface area contributed by atoms with Gasteiger partial charge in [-0.1, -0.05) is 6.92 Å². The van der Waals surface area contributed by atoms with E-state index in [9.17, 15) is 4.79 Å². The van der Waals surface area contributed by atoms with Crippen LogP contribution in [-0.2, 0) is 17.8 Å². The Morgan fingerprint density at radius 3 is 3.00 bits per heavy atom. The average molecular weight is 250 g/mol. The van der Waals surface area contributed by atoms with Crippen molar-refractivity contribution in [3.8, 4) is 11.5 Å². The van der Waals surface area contributed by atoms with Crippen molar-refractivity contribution in [2.75, 3.05) is 0 Å². The third-order valence-electron chi connectivity index (χ3n) is 2.28. The summed E-state index contributed by atoms with van der Waals surface area (Å²) < 4.78 is 5.61. The molecule has 0 radical (unpaired) electrons. The van der Waals surface area contributed by atoms with Crippen LogP contribution in [0, 0.1) is 0 Å². The van der Waals surface area contributed by atoms with Crippen LogP contribution in [0.15, 0.2) is 21.9 Å². The van der Waals surface area contributed by atoms with Crippen LogP contribution in [0.2, 0.25) is 0 Å². The highest BCUT2D eigenvalue weighted by Gasteiger charge is 2.08. The molecule has 1 amide bonds. The lowest BCUT2D eigenvalue weighted by atomic mass is 10.3. The number of aromatic nitrogens is 1. The molecular weight excluding hydrogens is 236 g/mol. The number of rotatable bonds is 4. The first-order chi connectivity index (χ1) is 8.19. The van der Waals surface area contributed by atoms with Crippen LogP contribution in [-0.4, -0.2) is 10.9 Å². The van der Waals surface area contributed by atoms with E-state index < -0.39 is 0 Å². The Morgan fingerprint density at radius 1 is 1.53 bits per heavy atom. The molecule has 0 aliphatic rings. The molecule has 0 aliphatic heterocycles. The summed E-state index contributed by atoms with van der Waals surface area (Å²) in [6.45, 7) is 3.98. The van der Waals surface area contributed by atoms with Gasteiger partial charge in [0.25, 0.3) is 0 Å². The molecule has 0 spiro atoms. The summed E-state index contributed by atoms with van der Waals surface area (Å²) in [6, 6.07) is 3.74. The van der Waals surface area contributed by atoms with E-state index in [1.54, 1.807) is 11.3 Å². The first-order valence-corrected chi connectivity index (χ1v) is 6.35. The number of hydrogen-bond acceptors (Lipinski definition) is 4. The van der Waals surface area contributed by atoms with E-state index in [4.69, 9.17) is 4.42 Å². The minimum Gasteiger partial charge on any atom is -0.458 e. The Bertz CT molecular complexity index is 516. The van der Waals surface area contributed by atoms with Gasteiger partial charge < -0.3 is 9.73 Å². The zero-order chi connectivity index (χ0) is 12.3. The molecule has 17 heavy (non-hydrogen) atoms. The zero-order valence-electron chi connectivity index (χ0n) is 9.82. The normalized spacial score (nSPS) is 10.5. The highest BCUT2D eigenvalue weighted by atomic mass is 32.1. The minimum atomic E-state index is -0.0649. The fourth-order valence-corrected chi connectivity index (χ4v) is 2.14. The van der Waals surface area contributed by atoms with Gasteiger partial charge in [0.1, 0.15) is 11.5 Å². The quantitative estimate of drug-likeness (QED) is 0.907. The Kier molecular flexibility index (Phi) is 3.58. The van der Waals surface area contributed by atoms with Gasteiger partial charge in [-0.2, -0.15) is 0 Å². The fourth-order valence-electron chi connectivity index (χ4n) is 1.41. The lowest BCUT2D eigenvalue weighted by Crippen LogP contribution is -2.18. The van der Waals surface area contributed by atoms with Crippen LogP contribution in [0.3, 0.4) is 0 Å². The van der Waals surface area contributed by atoms with Crippen LogP contribution in [0.5, 0.6) is 0 Å². The highest BCUT2D eigenvalue weighted by Crippen LogP contribution is 2.24. The molecule has 0 aliphatic carbocycles. The van der Waals surface area contributed by atoms with Gasteiger partial charge in [-0.15, -0.1) is 11.3 Å². The van der Waals surface area contributed by atoms with E-state index in [-0.39, 0.29) is 5.91 Å². The molecule has 2 rings (SSSR count). The smallest absolute Gasteiger partial charge is 0.217 e. The van der Waals surface area contributed by atoms with Crippen LogP contribution in [0.4, 0.5) is 0 Å². The number of nitrogens with zero attached hydrogens (tertiary/aromatic N) is 1. The van der Waals surface area contributed by atoms with Gasteiger partial charge in [-0.3, -0.25) is 4.79 Å². The second-order valence-corrected chi connectivity index (χ2v) is 4.60. The summed E-state index contributed by atoms with van der Waals surface area (Å²) in [7, 11) is 0. The van der Waals surface area contributed by atoms with Crippen LogP contribution >= 0.6 is 11.3 Å². The molecule has 0 aromatic carbocycles. The molecular formula is C12H14N2O2S. The topological polar surface area (TPSA) is 55.1 Å². The fraction of sp³-hybridized carbons (Fsp3) is 0.333. The summed E-state index contributed by atoms with van der Waals surface area (Å²) in [5.41, 5.74) is 0.862. The third-order valence-corrected chi connectivity index (χ3v) is 3.27. The number of amides is 1. The molecule has 2 heterocycles. The lowest BCUT2D eigenvalue weighted by Gasteiger charge is -1.97. The maximum atomic E-state index is 10.8. The van der Waals surface area contributed by atoms with Crippen molar-refractivity contribution >= 4 is 17.2 Å². The van der Waals surface area contributed by atoms with Gasteiger partial charge in [-0.05, 0) is 18.6 Å². The van der Waals surface area contributed by atoms with E-state index in [0.29, 0.717) is 6.54 Å². The maximum Gasteiger partial charge on any atom is 0.217 e. The van der Waals surface area contributed by atoms with E-state index in [2.05, 4.69) is 17.2 Å².